The van der Waals surface area contributed by atoms with E-state index in [1.807, 2.05) is 13.8 Å². The van der Waals surface area contributed by atoms with Gasteiger partial charge in [0.1, 0.15) is 66.2 Å². The fourth-order valence-electron chi connectivity index (χ4n) is 17.0. The Morgan fingerprint density at radius 1 is 0.670 bits per heavy atom. The summed E-state index contributed by atoms with van der Waals surface area (Å²) in [5.41, 5.74) is -1.64. The first kappa shape index (κ1) is 86.5. The summed E-state index contributed by atoms with van der Waals surface area (Å²) in [6.45, 7) is 7.40. The van der Waals surface area contributed by atoms with Gasteiger partial charge in [0.25, 0.3) is 0 Å². The van der Waals surface area contributed by atoms with Crippen LogP contribution in [0.3, 0.4) is 0 Å². The van der Waals surface area contributed by atoms with Crippen LogP contribution in [0.15, 0.2) is 12.2 Å². The van der Waals surface area contributed by atoms with Gasteiger partial charge in [-0.25, -0.2) is 8.78 Å². The van der Waals surface area contributed by atoms with Crippen molar-refractivity contribution in [3.05, 3.63) is 12.2 Å². The van der Waals surface area contributed by atoms with Gasteiger partial charge < -0.3 is 64.8 Å². The molecule has 106 heavy (non-hydrogen) atoms. The highest BCUT2D eigenvalue weighted by atomic mass is 35.5. The predicted molar refractivity (Wildman–Crippen MR) is 386 cm³/mol. The van der Waals surface area contributed by atoms with E-state index in [9.17, 15) is 41.9 Å². The van der Waals surface area contributed by atoms with E-state index in [2.05, 4.69) is 16.0 Å². The second-order valence-electron chi connectivity index (χ2n) is 31.9. The monoisotopic (exact) mass is 1520 g/mol. The predicted octanol–water partition coefficient (Wildman–Crippen LogP) is 6.17. The van der Waals surface area contributed by atoms with Gasteiger partial charge in [-0.05, 0) is 139 Å². The first-order chi connectivity index (χ1) is 49.9. The topological polar surface area (TPSA) is 279 Å². The Hall–Kier alpha value is -6.72. The summed E-state index contributed by atoms with van der Waals surface area (Å²) >= 11 is 6.10. The number of alkyl halides is 6. The van der Waals surface area contributed by atoms with Crippen LogP contribution >= 0.6 is 11.6 Å². The SMILES string of the molecule is CCO[C@@H]1C[C@H]2C(=O)NC3(CCCC3)C(=O)N(C)[C@@H](C3CCCC3)C(=O)N(C)[C@H](C(=O)N(C)C)CC(=O)N(C)[C@@H](CC(C)C)C(=O)N[C@@H]([C@@H](C)CC)C(=O)N(C)CC(=O)N(C)[C@H]3C/C=C\CCN(C3=O)[C@@H](CC3CCC(C(F)(F)F)CC3)C(=O)N(C)CC(=O)N[C@@H](CCC3CC(F)C(Cl)C(F)C3)C(=O)N2C1. The van der Waals surface area contributed by atoms with Crippen LogP contribution in [-0.4, -0.2) is 288 Å². The minimum Gasteiger partial charge on any atom is -0.377 e. The molecule has 12 atom stereocenters. The van der Waals surface area contributed by atoms with Crippen LogP contribution < -0.4 is 16.0 Å². The number of nitrogens with one attached hydrogen (secondary N) is 3. The fraction of sp³-hybridized carbons (Fsp3) is 0.813. The molecule has 31 heteroatoms. The van der Waals surface area contributed by atoms with Gasteiger partial charge in [-0.2, -0.15) is 13.2 Å². The number of nitrogens with zero attached hydrogens (tertiary/aromatic N) is 9. The molecule has 2 unspecified atom stereocenters. The van der Waals surface area contributed by atoms with Crippen molar-refractivity contribution in [3.8, 4) is 0 Å². The van der Waals surface area contributed by atoms with Crippen LogP contribution in [0.25, 0.3) is 0 Å². The van der Waals surface area contributed by atoms with Gasteiger partial charge in [-0.3, -0.25) is 57.5 Å². The zero-order valence-electron chi connectivity index (χ0n) is 64.4. The van der Waals surface area contributed by atoms with Gasteiger partial charge in [-0.1, -0.05) is 72.0 Å². The molecule has 0 radical (unpaired) electrons. The van der Waals surface area contributed by atoms with Crippen molar-refractivity contribution in [1.82, 2.24) is 60.0 Å². The lowest BCUT2D eigenvalue weighted by Gasteiger charge is -2.42. The van der Waals surface area contributed by atoms with E-state index in [0.717, 1.165) is 14.7 Å². The fourth-order valence-corrected chi connectivity index (χ4v) is 17.2. The highest BCUT2D eigenvalue weighted by molar-refractivity contribution is 6.21. The summed E-state index contributed by atoms with van der Waals surface area (Å²) in [4.78, 5) is 193. The summed E-state index contributed by atoms with van der Waals surface area (Å²) in [6.07, 6.45) is -2.82. The Balaban J connectivity index is 1.33. The van der Waals surface area contributed by atoms with E-state index >= 15 is 37.5 Å². The third-order valence-corrected chi connectivity index (χ3v) is 24.2. The minimum absolute atomic E-state index is 0.0165. The van der Waals surface area contributed by atoms with Gasteiger partial charge in [-0.15, -0.1) is 11.6 Å². The summed E-state index contributed by atoms with van der Waals surface area (Å²) in [5, 5.41) is 7.29. The molecule has 2 bridgehead atoms. The Kier molecular flexibility index (Phi) is 31.1. The number of fused-ring (bicyclic) bond motifs is 3. The van der Waals surface area contributed by atoms with Crippen LogP contribution in [-0.2, 0) is 62.3 Å². The third-order valence-electron chi connectivity index (χ3n) is 23.7. The first-order valence-corrected chi connectivity index (χ1v) is 38.8. The molecule has 2 saturated heterocycles. The molecule has 3 heterocycles. The normalized spacial score (nSPS) is 32.3. The number of rotatable bonds is 13. The average Bonchev–Trinajstić information content (AvgIpc) is 1.48. The molecule has 3 N–H and O–H groups in total. The van der Waals surface area contributed by atoms with E-state index in [1.54, 1.807) is 32.9 Å². The van der Waals surface area contributed by atoms with Gasteiger partial charge in [0, 0.05) is 82.5 Å². The first-order valence-electron chi connectivity index (χ1n) is 38.4. The number of carbonyl (C=O) groups is 12. The Labute approximate surface area is 627 Å². The number of hydrogen-bond donors (Lipinski definition) is 3. The molecular formula is C75H118ClF5N12O13. The van der Waals surface area contributed by atoms with E-state index in [4.69, 9.17) is 16.3 Å². The molecule has 4 aliphatic carbocycles. The number of ether oxygens (including phenoxy) is 1. The van der Waals surface area contributed by atoms with Crippen molar-refractivity contribution in [1.29, 1.82) is 0 Å². The Bertz CT molecular complexity index is 3140. The van der Waals surface area contributed by atoms with Crippen molar-refractivity contribution in [2.24, 2.45) is 35.5 Å². The van der Waals surface area contributed by atoms with Gasteiger partial charge >= 0.3 is 6.18 Å². The molecule has 25 nitrogen and oxygen atoms in total. The van der Waals surface area contributed by atoms with Crippen molar-refractivity contribution < 1.29 is 84.2 Å². The highest BCUT2D eigenvalue weighted by Gasteiger charge is 2.53. The van der Waals surface area contributed by atoms with E-state index in [-0.39, 0.29) is 122 Å². The maximum Gasteiger partial charge on any atom is 0.391 e. The zero-order valence-corrected chi connectivity index (χ0v) is 65.2. The molecule has 0 aromatic carbocycles. The van der Waals surface area contributed by atoms with Crippen LogP contribution in [0.5, 0.6) is 0 Å². The molecule has 1 spiro atoms. The molecule has 7 aliphatic rings. The van der Waals surface area contributed by atoms with Crippen LogP contribution in [0.4, 0.5) is 22.0 Å². The molecule has 598 valence electrons. The minimum atomic E-state index is -4.47. The quantitative estimate of drug-likeness (QED) is 0.106. The molecule has 3 aliphatic heterocycles. The highest BCUT2D eigenvalue weighted by Crippen LogP contribution is 2.43. The summed E-state index contributed by atoms with van der Waals surface area (Å²) < 4.78 is 79.1. The van der Waals surface area contributed by atoms with Crippen molar-refractivity contribution in [3.63, 3.8) is 0 Å². The lowest BCUT2D eigenvalue weighted by Crippen LogP contribution is -2.65. The molecule has 0 aromatic rings. The number of carbonyl (C=O) groups excluding carboxylic acids is 12. The summed E-state index contributed by atoms with van der Waals surface area (Å²) in [5.74, 6) is -12.7. The van der Waals surface area contributed by atoms with E-state index in [0.29, 0.717) is 44.9 Å². The zero-order chi connectivity index (χ0) is 78.6. The van der Waals surface area contributed by atoms with E-state index in [1.165, 1.54) is 85.8 Å². The van der Waals surface area contributed by atoms with Crippen LogP contribution in [0.2, 0.25) is 0 Å². The smallest absolute Gasteiger partial charge is 0.377 e. The standard InChI is InChI=1S/C75H118ClF5N12O13/c1-14-45(5)63-71(103)87(9)43-61(96)88(10)54-25-17-16-22-34-92(70(54)102)58(38-46-26-29-49(30-27-46)75(79,80)81)69(101)86(8)42-59(94)82-53(31-28-47-36-51(77)62(76)52(78)37-47)67(99)93-41-50(106-15-2)39-56(93)66(98)84-74(32-20-21-33-74)73(105)91(13)64(48-23-18-19-24-48)72(104)90(12)57(68(100)85(6)7)40-60(95)89(11)55(35-44(3)4)65(97)83-63/h16-17,44-58,62-64H,14-15,18-43H2,1-13H3,(H,82,94)(H,83,97)(H,84,98)/b17-16-/t45-,46?,47?,49?,50+,51?,52?,53-,54-,55-,56-,57-,58-,62?,63-,64-/m0/s1. The molecule has 12 amide bonds. The van der Waals surface area contributed by atoms with Gasteiger partial charge in [0.05, 0.1) is 36.9 Å². The van der Waals surface area contributed by atoms with Crippen LogP contribution in [0, 0.1) is 35.5 Å². The Morgan fingerprint density at radius 2 is 1.29 bits per heavy atom. The molecule has 6 fully saturated rings. The molecule has 0 aromatic heterocycles. The molecule has 7 rings (SSSR count). The van der Waals surface area contributed by atoms with Crippen molar-refractivity contribution in [2.75, 3.05) is 89.2 Å². The van der Waals surface area contributed by atoms with E-state index < -0.39 is 204 Å². The third kappa shape index (κ3) is 21.2. The second-order valence-corrected chi connectivity index (χ2v) is 32.4. The van der Waals surface area contributed by atoms with Crippen molar-refractivity contribution in [2.45, 2.75) is 266 Å². The summed E-state index contributed by atoms with van der Waals surface area (Å²) in [7, 11) is 11.2. The average molecular weight is 1530 g/mol. The number of hydrogen-bond acceptors (Lipinski definition) is 13. The molecular weight excluding hydrogens is 1410 g/mol. The maximum absolute atomic E-state index is 15.7. The maximum atomic E-state index is 15.7. The van der Waals surface area contributed by atoms with Gasteiger partial charge in [0.15, 0.2) is 0 Å². The number of halogens is 6. The summed E-state index contributed by atoms with van der Waals surface area (Å²) in [6, 6.07) is -10.8. The largest absolute Gasteiger partial charge is 0.391 e. The molecule has 4 saturated carbocycles. The lowest BCUT2D eigenvalue weighted by atomic mass is 9.78. The van der Waals surface area contributed by atoms with Crippen molar-refractivity contribution >= 4 is 82.5 Å². The van der Waals surface area contributed by atoms with Crippen LogP contribution in [0.1, 0.15) is 182 Å². The number of likely N-dealkylation sites (N-methyl/N-ethyl adjacent to an activating group) is 7. The second kappa shape index (κ2) is 38.1. The van der Waals surface area contributed by atoms with Gasteiger partial charge in [0.2, 0.25) is 70.9 Å². The number of amides is 12. The Morgan fingerprint density at radius 3 is 1.88 bits per heavy atom. The lowest BCUT2D eigenvalue weighted by molar-refractivity contribution is -0.184.